The number of rotatable bonds is 8. The molecule has 0 aliphatic rings. The maximum absolute atomic E-state index is 15.0. The number of hydrogen-bond donors (Lipinski definition) is 0. The molecule has 0 unspecified atom stereocenters. The van der Waals surface area contributed by atoms with Crippen molar-refractivity contribution < 1.29 is 18.6 Å². The molecule has 2 aromatic carbocycles. The van der Waals surface area contributed by atoms with E-state index in [2.05, 4.69) is 5.10 Å². The third-order valence-corrected chi connectivity index (χ3v) is 5.31. The summed E-state index contributed by atoms with van der Waals surface area (Å²) in [5.41, 5.74) is 0.745. The van der Waals surface area contributed by atoms with Gasteiger partial charge in [-0.2, -0.15) is 9.49 Å². The lowest BCUT2D eigenvalue weighted by molar-refractivity contribution is 0.253. The van der Waals surface area contributed by atoms with Crippen LogP contribution in [0.25, 0.3) is 11.3 Å². The van der Waals surface area contributed by atoms with Gasteiger partial charge in [-0.25, -0.2) is 4.68 Å². The zero-order chi connectivity index (χ0) is 21.0. The lowest BCUT2D eigenvalue weighted by atomic mass is 10.1. The van der Waals surface area contributed by atoms with Crippen LogP contribution in [0, 0.1) is 5.82 Å². The van der Waals surface area contributed by atoms with Crippen LogP contribution >= 0.6 is 34.8 Å². The van der Waals surface area contributed by atoms with E-state index in [0.717, 1.165) is 0 Å². The van der Waals surface area contributed by atoms with E-state index in [0.29, 0.717) is 28.7 Å². The quantitative estimate of drug-likeness (QED) is 0.380. The summed E-state index contributed by atoms with van der Waals surface area (Å²) in [6.07, 6.45) is 0. The molecule has 0 spiro atoms. The average molecular weight is 460 g/mol. The average Bonchev–Trinajstić information content (AvgIpc) is 3.04. The third kappa shape index (κ3) is 4.71. The minimum atomic E-state index is -0.548. The van der Waals surface area contributed by atoms with Gasteiger partial charge in [0.25, 0.3) is 0 Å². The smallest absolute Gasteiger partial charge is 0.249 e. The number of halogens is 4. The summed E-state index contributed by atoms with van der Waals surface area (Å²) in [6, 6.07) is 10.2. The highest BCUT2D eigenvalue weighted by Gasteiger charge is 2.21. The molecule has 3 aromatic rings. The zero-order valence-corrected chi connectivity index (χ0v) is 18.0. The third-order valence-electron chi connectivity index (χ3n) is 4.04. The van der Waals surface area contributed by atoms with Gasteiger partial charge in [-0.1, -0.05) is 46.9 Å². The van der Waals surface area contributed by atoms with Crippen molar-refractivity contribution in [2.45, 2.75) is 13.5 Å². The Balaban J connectivity index is 1.82. The maximum atomic E-state index is 15.0. The maximum Gasteiger partial charge on any atom is 0.249 e. The fourth-order valence-corrected chi connectivity index (χ4v) is 3.25. The van der Waals surface area contributed by atoms with Crippen molar-refractivity contribution >= 4 is 34.8 Å². The summed E-state index contributed by atoms with van der Waals surface area (Å²) in [5.74, 6) is 0.466. The van der Waals surface area contributed by atoms with Gasteiger partial charge in [-0.3, -0.25) is 0 Å². The predicted octanol–water partition coefficient (Wildman–Crippen LogP) is 6.14. The van der Waals surface area contributed by atoms with Crippen molar-refractivity contribution in [3.8, 4) is 28.6 Å². The highest BCUT2D eigenvalue weighted by Crippen LogP contribution is 2.37. The molecule has 1 aromatic heterocycles. The molecule has 0 saturated carbocycles. The minimum absolute atomic E-state index is 0.0363. The normalized spacial score (nSPS) is 10.8. The van der Waals surface area contributed by atoms with Crippen LogP contribution in [0.5, 0.6) is 17.4 Å². The van der Waals surface area contributed by atoms with Gasteiger partial charge in [0.1, 0.15) is 28.8 Å². The molecule has 0 N–H and O–H groups in total. The van der Waals surface area contributed by atoms with Crippen LogP contribution in [0.15, 0.2) is 36.4 Å². The highest BCUT2D eigenvalue weighted by molar-refractivity contribution is 6.48. The Morgan fingerprint density at radius 2 is 1.86 bits per heavy atom. The van der Waals surface area contributed by atoms with E-state index in [-0.39, 0.29) is 34.8 Å². The van der Waals surface area contributed by atoms with Gasteiger partial charge < -0.3 is 14.2 Å². The molecule has 1 heterocycles. The standard InChI is InChI=1S/C20H18Cl3FN2O3/c1-3-28-20-18(24)19(12-5-4-6-13(11-12)27-2)25-26(20)9-10-29-15-8-7-14(21)16(22)17(15)23/h4-8,11H,3,9-10H2,1-2H3. The van der Waals surface area contributed by atoms with Crippen molar-refractivity contribution in [3.05, 3.63) is 57.3 Å². The Bertz CT molecular complexity index is 1010. The van der Waals surface area contributed by atoms with Gasteiger partial charge in [-0.15, -0.1) is 0 Å². The topological polar surface area (TPSA) is 45.5 Å². The number of nitrogens with zero attached hydrogens (tertiary/aromatic N) is 2. The summed E-state index contributed by atoms with van der Waals surface area (Å²) in [4.78, 5) is 0. The number of ether oxygens (including phenoxy) is 3. The Morgan fingerprint density at radius 1 is 1.07 bits per heavy atom. The molecule has 0 aliphatic heterocycles. The van der Waals surface area contributed by atoms with Gasteiger partial charge in [0.05, 0.1) is 30.3 Å². The van der Waals surface area contributed by atoms with Crippen molar-refractivity contribution in [2.75, 3.05) is 20.3 Å². The fourth-order valence-electron chi connectivity index (χ4n) is 2.67. The first-order valence-corrected chi connectivity index (χ1v) is 9.89. The molecular weight excluding hydrogens is 442 g/mol. The molecule has 3 rings (SSSR count). The first-order chi connectivity index (χ1) is 14.0. The molecule has 9 heteroatoms. The van der Waals surface area contributed by atoms with E-state index in [4.69, 9.17) is 49.0 Å². The number of hydrogen-bond acceptors (Lipinski definition) is 4. The van der Waals surface area contributed by atoms with Crippen LogP contribution in [-0.4, -0.2) is 30.1 Å². The second-order valence-corrected chi connectivity index (χ2v) is 7.04. The lowest BCUT2D eigenvalue weighted by Gasteiger charge is -2.11. The highest BCUT2D eigenvalue weighted by atomic mass is 35.5. The zero-order valence-electron chi connectivity index (χ0n) is 15.7. The van der Waals surface area contributed by atoms with E-state index in [1.54, 1.807) is 50.4 Å². The van der Waals surface area contributed by atoms with E-state index >= 15 is 0 Å². The van der Waals surface area contributed by atoms with Gasteiger partial charge in [0.15, 0.2) is 0 Å². The Kier molecular flexibility index (Phi) is 7.11. The molecule has 0 bridgehead atoms. The summed E-state index contributed by atoms with van der Waals surface area (Å²) < 4.78 is 32.7. The second-order valence-electron chi connectivity index (χ2n) is 5.88. The molecule has 0 amide bonds. The number of benzene rings is 2. The summed E-state index contributed by atoms with van der Waals surface area (Å²) in [6.45, 7) is 2.46. The van der Waals surface area contributed by atoms with Gasteiger partial charge in [0.2, 0.25) is 11.7 Å². The molecule has 0 atom stereocenters. The van der Waals surface area contributed by atoms with Crippen LogP contribution in [0.1, 0.15) is 6.92 Å². The first-order valence-electron chi connectivity index (χ1n) is 8.76. The largest absolute Gasteiger partial charge is 0.497 e. The van der Waals surface area contributed by atoms with Crippen LogP contribution in [0.2, 0.25) is 15.1 Å². The van der Waals surface area contributed by atoms with Crippen molar-refractivity contribution in [1.82, 2.24) is 9.78 Å². The van der Waals surface area contributed by atoms with E-state index in [9.17, 15) is 4.39 Å². The molecule has 29 heavy (non-hydrogen) atoms. The Hall–Kier alpha value is -2.15. The molecule has 5 nitrogen and oxygen atoms in total. The lowest BCUT2D eigenvalue weighted by Crippen LogP contribution is -2.12. The van der Waals surface area contributed by atoms with Crippen molar-refractivity contribution in [3.63, 3.8) is 0 Å². The van der Waals surface area contributed by atoms with E-state index in [1.165, 1.54) is 4.68 Å². The number of methoxy groups -OCH3 is 1. The van der Waals surface area contributed by atoms with Crippen LogP contribution in [0.3, 0.4) is 0 Å². The second kappa shape index (κ2) is 9.57. The monoisotopic (exact) mass is 458 g/mol. The fraction of sp³-hybridized carbons (Fsp3) is 0.250. The first kappa shape index (κ1) is 21.6. The van der Waals surface area contributed by atoms with E-state index in [1.807, 2.05) is 0 Å². The molecule has 154 valence electrons. The summed E-state index contributed by atoms with van der Waals surface area (Å²) in [7, 11) is 1.55. The molecule has 0 radical (unpaired) electrons. The summed E-state index contributed by atoms with van der Waals surface area (Å²) in [5, 5.41) is 5.12. The van der Waals surface area contributed by atoms with Crippen molar-refractivity contribution in [2.24, 2.45) is 0 Å². The van der Waals surface area contributed by atoms with E-state index < -0.39 is 5.82 Å². The Labute approximate surface area is 182 Å². The van der Waals surface area contributed by atoms with Crippen LogP contribution in [-0.2, 0) is 6.54 Å². The van der Waals surface area contributed by atoms with Crippen LogP contribution < -0.4 is 14.2 Å². The van der Waals surface area contributed by atoms with Crippen LogP contribution in [0.4, 0.5) is 4.39 Å². The summed E-state index contributed by atoms with van der Waals surface area (Å²) >= 11 is 18.1. The minimum Gasteiger partial charge on any atom is -0.497 e. The van der Waals surface area contributed by atoms with Crippen molar-refractivity contribution in [1.29, 1.82) is 0 Å². The molecule has 0 fully saturated rings. The number of aromatic nitrogens is 2. The molecule has 0 aliphatic carbocycles. The van der Waals surface area contributed by atoms with Gasteiger partial charge >= 0.3 is 0 Å². The van der Waals surface area contributed by atoms with Gasteiger partial charge in [0, 0.05) is 5.56 Å². The van der Waals surface area contributed by atoms with Gasteiger partial charge in [-0.05, 0) is 31.2 Å². The SMILES string of the molecule is CCOc1c(F)c(-c2cccc(OC)c2)nn1CCOc1ccc(Cl)c(Cl)c1Cl. The molecular formula is C20H18Cl3FN2O3. The predicted molar refractivity (Wildman–Crippen MR) is 112 cm³/mol. The Morgan fingerprint density at radius 3 is 2.59 bits per heavy atom. The molecule has 0 saturated heterocycles.